The topological polar surface area (TPSA) is 53.2 Å². The molecule has 0 radical (unpaired) electrons. The third-order valence-corrected chi connectivity index (χ3v) is 5.03. The summed E-state index contributed by atoms with van der Waals surface area (Å²) in [4.78, 5) is 0.299. The number of allylic oxidation sites excluding steroid dienone is 5. The molecule has 0 heterocycles. The van der Waals surface area contributed by atoms with Crippen LogP contribution in [0.1, 0.15) is 31.4 Å². The van der Waals surface area contributed by atoms with E-state index in [4.69, 9.17) is 10.00 Å². The number of alkyl halides is 2. The van der Waals surface area contributed by atoms with Crippen LogP contribution in [-0.2, 0) is 0 Å². The van der Waals surface area contributed by atoms with E-state index >= 15 is 0 Å². The van der Waals surface area contributed by atoms with Crippen LogP contribution in [0.15, 0.2) is 57.1 Å². The van der Waals surface area contributed by atoms with E-state index in [2.05, 4.69) is 22.0 Å². The van der Waals surface area contributed by atoms with Crippen molar-refractivity contribution in [3.05, 3.63) is 57.8 Å². The minimum atomic E-state index is -2.58. The van der Waals surface area contributed by atoms with Gasteiger partial charge in [0.05, 0.1) is 16.6 Å². The van der Waals surface area contributed by atoms with Gasteiger partial charge in [-0.3, -0.25) is 0 Å². The fourth-order valence-corrected chi connectivity index (χ4v) is 3.93. The van der Waals surface area contributed by atoms with Gasteiger partial charge in [0.2, 0.25) is 0 Å². The molecule has 1 aromatic carbocycles. The van der Waals surface area contributed by atoms with Crippen molar-refractivity contribution in [3.63, 3.8) is 0 Å². The lowest BCUT2D eigenvalue weighted by Gasteiger charge is -2.17. The first-order valence-electron chi connectivity index (χ1n) is 7.53. The van der Waals surface area contributed by atoms with Crippen molar-refractivity contribution >= 4 is 27.7 Å². The third-order valence-electron chi connectivity index (χ3n) is 3.43. The summed E-state index contributed by atoms with van der Waals surface area (Å²) in [7, 11) is 0. The molecule has 0 aliphatic heterocycles. The fraction of sp³-hybridized carbons (Fsp3) is 0.278. The maximum atomic E-state index is 12.7. The molecule has 0 saturated carbocycles. The predicted octanol–water partition coefficient (Wildman–Crippen LogP) is 5.88. The number of aliphatic hydroxyl groups is 1. The molecule has 0 fully saturated rings. The van der Waals surface area contributed by atoms with Gasteiger partial charge in [-0.05, 0) is 66.1 Å². The van der Waals surface area contributed by atoms with E-state index in [0.29, 0.717) is 56.6 Å². The highest BCUT2D eigenvalue weighted by molar-refractivity contribution is 9.10. The molecular formula is C18H16BrF2NO2S. The lowest BCUT2D eigenvalue weighted by atomic mass is 10.1. The Labute approximate surface area is 157 Å². The zero-order valence-corrected chi connectivity index (χ0v) is 15.8. The van der Waals surface area contributed by atoms with E-state index in [9.17, 15) is 13.9 Å². The summed E-state index contributed by atoms with van der Waals surface area (Å²) >= 11 is 3.74. The Balaban J connectivity index is 2.30. The SMILES string of the molecule is CC(O)c1c(SC(F)F)ccc(OC2=C/CC/C(C#N)=C/C=C\2)c1Br. The average Bonchev–Trinajstić information content (AvgIpc) is 2.51. The Morgan fingerprint density at radius 3 is 2.80 bits per heavy atom. The summed E-state index contributed by atoms with van der Waals surface area (Å²) in [6.45, 7) is 1.52. The largest absolute Gasteiger partial charge is 0.457 e. The van der Waals surface area contributed by atoms with Crippen LogP contribution in [0, 0.1) is 11.3 Å². The van der Waals surface area contributed by atoms with Gasteiger partial charge in [-0.15, -0.1) is 0 Å². The van der Waals surface area contributed by atoms with Crippen LogP contribution in [-0.4, -0.2) is 10.9 Å². The molecule has 1 unspecified atom stereocenters. The van der Waals surface area contributed by atoms with Gasteiger partial charge in [0.25, 0.3) is 5.76 Å². The number of ether oxygens (including phenoxy) is 1. The van der Waals surface area contributed by atoms with Crippen molar-refractivity contribution in [2.24, 2.45) is 0 Å². The Hall–Kier alpha value is -1.62. The molecule has 0 aromatic heterocycles. The van der Waals surface area contributed by atoms with Crippen LogP contribution in [0.3, 0.4) is 0 Å². The van der Waals surface area contributed by atoms with Gasteiger partial charge in [0.15, 0.2) is 0 Å². The molecule has 0 bridgehead atoms. The normalized spacial score (nSPS) is 21.2. The first kappa shape index (κ1) is 19.7. The van der Waals surface area contributed by atoms with Crippen LogP contribution in [0.25, 0.3) is 0 Å². The van der Waals surface area contributed by atoms with E-state index in [0.717, 1.165) is 0 Å². The maximum Gasteiger partial charge on any atom is 0.288 e. The second-order valence-electron chi connectivity index (χ2n) is 5.25. The molecule has 1 aliphatic carbocycles. The molecule has 1 aromatic rings. The van der Waals surface area contributed by atoms with Crippen molar-refractivity contribution in [1.82, 2.24) is 0 Å². The van der Waals surface area contributed by atoms with Gasteiger partial charge in [-0.1, -0.05) is 17.8 Å². The van der Waals surface area contributed by atoms with Gasteiger partial charge in [-0.2, -0.15) is 14.0 Å². The average molecular weight is 428 g/mol. The van der Waals surface area contributed by atoms with E-state index < -0.39 is 11.9 Å². The lowest BCUT2D eigenvalue weighted by molar-refractivity contribution is 0.194. The molecule has 7 heteroatoms. The fourth-order valence-electron chi connectivity index (χ4n) is 2.30. The van der Waals surface area contributed by atoms with Gasteiger partial charge in [-0.25, -0.2) is 0 Å². The highest BCUT2D eigenvalue weighted by Gasteiger charge is 2.20. The Morgan fingerprint density at radius 2 is 2.16 bits per heavy atom. The highest BCUT2D eigenvalue weighted by atomic mass is 79.9. The zero-order chi connectivity index (χ0) is 18.4. The van der Waals surface area contributed by atoms with Crippen LogP contribution >= 0.6 is 27.7 Å². The van der Waals surface area contributed by atoms with Crippen molar-refractivity contribution in [1.29, 1.82) is 5.26 Å². The number of hydrogen-bond donors (Lipinski definition) is 1. The molecule has 0 amide bonds. The summed E-state index contributed by atoms with van der Waals surface area (Å²) in [5.41, 5.74) is 1.06. The molecule has 2 rings (SSSR count). The van der Waals surface area contributed by atoms with E-state index in [1.165, 1.54) is 13.0 Å². The monoisotopic (exact) mass is 427 g/mol. The number of thioether (sulfide) groups is 1. The van der Waals surface area contributed by atoms with E-state index in [1.54, 1.807) is 24.3 Å². The van der Waals surface area contributed by atoms with Crippen molar-refractivity contribution in [2.45, 2.75) is 36.5 Å². The van der Waals surface area contributed by atoms with Crippen LogP contribution in [0.4, 0.5) is 8.78 Å². The number of hydrogen-bond acceptors (Lipinski definition) is 4. The van der Waals surface area contributed by atoms with Gasteiger partial charge < -0.3 is 9.84 Å². The molecule has 1 N–H and O–H groups in total. The molecule has 1 aliphatic rings. The summed E-state index contributed by atoms with van der Waals surface area (Å²) in [5, 5.41) is 18.9. The number of aliphatic hydroxyl groups excluding tert-OH is 1. The molecule has 25 heavy (non-hydrogen) atoms. The van der Waals surface area contributed by atoms with Crippen LogP contribution in [0.5, 0.6) is 5.75 Å². The van der Waals surface area contributed by atoms with Crippen molar-refractivity contribution in [2.75, 3.05) is 0 Å². The highest BCUT2D eigenvalue weighted by Crippen LogP contribution is 2.41. The van der Waals surface area contributed by atoms with E-state index in [1.807, 2.05) is 6.08 Å². The van der Waals surface area contributed by atoms with Gasteiger partial charge >= 0.3 is 0 Å². The quantitative estimate of drug-likeness (QED) is 0.596. The molecule has 3 nitrogen and oxygen atoms in total. The van der Waals surface area contributed by atoms with Crippen LogP contribution < -0.4 is 4.74 Å². The number of nitrogens with zero attached hydrogens (tertiary/aromatic N) is 1. The minimum absolute atomic E-state index is 0.299. The van der Waals surface area contributed by atoms with Crippen LogP contribution in [0.2, 0.25) is 0 Å². The second-order valence-corrected chi connectivity index (χ2v) is 7.08. The molecular weight excluding hydrogens is 412 g/mol. The smallest absolute Gasteiger partial charge is 0.288 e. The zero-order valence-electron chi connectivity index (χ0n) is 13.4. The lowest BCUT2D eigenvalue weighted by Crippen LogP contribution is -2.01. The minimum Gasteiger partial charge on any atom is -0.457 e. The standard InChI is InChI=1S/C18H16BrF2NO2S/c1-11(23)16-15(25-18(20)21)9-8-14(17(16)19)24-13-6-2-4-12(10-22)5-3-7-13/h2,4,6-9,11,18,23H,3,5H2,1H3/b6-2-,12-4-,13-7+. The van der Waals surface area contributed by atoms with Crippen molar-refractivity contribution in [3.8, 4) is 11.8 Å². The summed E-state index contributed by atoms with van der Waals surface area (Å²) < 4.78 is 31.7. The summed E-state index contributed by atoms with van der Waals surface area (Å²) in [6, 6.07) is 5.23. The molecule has 132 valence electrons. The molecule has 0 saturated heterocycles. The number of rotatable bonds is 5. The Morgan fingerprint density at radius 1 is 1.40 bits per heavy atom. The third kappa shape index (κ3) is 5.43. The summed E-state index contributed by atoms with van der Waals surface area (Å²) in [5.74, 6) is -1.57. The molecule has 0 spiro atoms. The Kier molecular flexibility index (Phi) is 7.24. The second kappa shape index (κ2) is 9.18. The first-order valence-corrected chi connectivity index (χ1v) is 9.20. The maximum absolute atomic E-state index is 12.7. The Bertz CT molecular complexity index is 767. The van der Waals surface area contributed by atoms with Gasteiger partial charge in [0, 0.05) is 16.0 Å². The number of benzene rings is 1. The van der Waals surface area contributed by atoms with Gasteiger partial charge in [0.1, 0.15) is 11.5 Å². The predicted molar refractivity (Wildman–Crippen MR) is 97.4 cm³/mol. The summed E-state index contributed by atoms with van der Waals surface area (Å²) in [6.07, 6.45) is 7.39. The van der Waals surface area contributed by atoms with Crippen molar-refractivity contribution < 1.29 is 18.6 Å². The number of nitriles is 1. The first-order chi connectivity index (χ1) is 11.9. The van der Waals surface area contributed by atoms with E-state index in [-0.39, 0.29) is 0 Å². The number of halogens is 3. The molecule has 1 atom stereocenters.